The smallest absolute Gasteiger partial charge is 0.335 e. The number of fused-ring (bicyclic) bond motifs is 2. The summed E-state index contributed by atoms with van der Waals surface area (Å²) in [6.07, 6.45) is 0. The van der Waals surface area contributed by atoms with Gasteiger partial charge in [0.15, 0.2) is 0 Å². The Morgan fingerprint density at radius 1 is 0.600 bits per heavy atom. The third kappa shape index (κ3) is 3.11. The van der Waals surface area contributed by atoms with E-state index in [1.165, 1.54) is 42.5 Å². The number of hydrogen-bond donors (Lipinski definition) is 2. The summed E-state index contributed by atoms with van der Waals surface area (Å²) in [6.45, 7) is 1.59. The average molecular weight is 470 g/mol. The van der Waals surface area contributed by atoms with Crippen molar-refractivity contribution < 1.29 is 39.0 Å². The number of carboxylic acids is 2. The first-order valence-corrected chi connectivity index (χ1v) is 10.2. The van der Waals surface area contributed by atoms with Gasteiger partial charge < -0.3 is 10.2 Å². The molecule has 0 radical (unpaired) electrons. The first kappa shape index (κ1) is 21.7. The van der Waals surface area contributed by atoms with Crippen molar-refractivity contribution in [3.8, 4) is 0 Å². The third-order valence-electron chi connectivity index (χ3n) is 5.95. The highest BCUT2D eigenvalue weighted by Crippen LogP contribution is 2.35. The second-order valence-electron chi connectivity index (χ2n) is 7.99. The Morgan fingerprint density at radius 3 is 1.54 bits per heavy atom. The molecule has 3 aromatic rings. The van der Waals surface area contributed by atoms with Crippen LogP contribution in [0.4, 0.5) is 11.4 Å². The van der Waals surface area contributed by atoms with Crippen LogP contribution in [-0.4, -0.2) is 45.8 Å². The normalized spacial score (nSPS) is 14.4. The predicted molar refractivity (Wildman–Crippen MR) is 120 cm³/mol. The van der Waals surface area contributed by atoms with Crippen molar-refractivity contribution >= 4 is 46.9 Å². The van der Waals surface area contributed by atoms with Crippen molar-refractivity contribution in [1.82, 2.24) is 0 Å². The monoisotopic (exact) mass is 470 g/mol. The molecule has 0 bridgehead atoms. The fourth-order valence-electron chi connectivity index (χ4n) is 4.23. The van der Waals surface area contributed by atoms with E-state index in [2.05, 4.69) is 0 Å². The molecule has 0 spiro atoms. The number of carbonyl (C=O) groups excluding carboxylic acids is 4. The Morgan fingerprint density at radius 2 is 1.06 bits per heavy atom. The van der Waals surface area contributed by atoms with Gasteiger partial charge in [-0.3, -0.25) is 19.2 Å². The molecule has 0 unspecified atom stereocenters. The van der Waals surface area contributed by atoms with Crippen LogP contribution >= 0.6 is 0 Å². The molecule has 10 heteroatoms. The number of benzene rings is 3. The topological polar surface area (TPSA) is 149 Å². The Kier molecular flexibility index (Phi) is 4.62. The van der Waals surface area contributed by atoms with Gasteiger partial charge in [-0.15, -0.1) is 0 Å². The molecule has 4 amide bonds. The summed E-state index contributed by atoms with van der Waals surface area (Å²) in [5, 5.41) is 18.4. The summed E-state index contributed by atoms with van der Waals surface area (Å²) < 4.78 is 0. The standard InChI is InChI=1S/C25H14N2O8/c1-11-8-14(26-20(28)15-5-2-12(24(32)33)9-17(15)22(26)30)4-7-19(11)27-21(29)16-6-3-13(25(34)35)10-18(16)23(27)31/h2-10H,1H3,(H,32,33)(H,34,35). The molecular weight excluding hydrogens is 456 g/mol. The number of rotatable bonds is 4. The number of imide groups is 2. The molecule has 0 saturated carbocycles. The van der Waals surface area contributed by atoms with Crippen LogP contribution < -0.4 is 9.80 Å². The summed E-state index contributed by atoms with van der Waals surface area (Å²) >= 11 is 0. The van der Waals surface area contributed by atoms with Gasteiger partial charge in [0, 0.05) is 0 Å². The number of carboxylic acid groups (broad SMARTS) is 2. The van der Waals surface area contributed by atoms with E-state index in [0.717, 1.165) is 21.9 Å². The molecule has 3 aromatic carbocycles. The predicted octanol–water partition coefficient (Wildman–Crippen LogP) is 2.99. The van der Waals surface area contributed by atoms with Crippen LogP contribution in [0.15, 0.2) is 54.6 Å². The molecule has 10 nitrogen and oxygen atoms in total. The second kappa shape index (κ2) is 7.45. The first-order chi connectivity index (χ1) is 16.6. The zero-order valence-corrected chi connectivity index (χ0v) is 17.9. The number of anilines is 2. The molecule has 0 aliphatic carbocycles. The van der Waals surface area contributed by atoms with Gasteiger partial charge in [0.1, 0.15) is 0 Å². The second-order valence-corrected chi connectivity index (χ2v) is 7.99. The number of amides is 4. The van der Waals surface area contributed by atoms with Crippen LogP contribution in [0, 0.1) is 6.92 Å². The van der Waals surface area contributed by atoms with Crippen molar-refractivity contribution in [3.63, 3.8) is 0 Å². The molecule has 2 heterocycles. The molecule has 0 atom stereocenters. The molecule has 35 heavy (non-hydrogen) atoms. The summed E-state index contributed by atoms with van der Waals surface area (Å²) in [6, 6.07) is 11.6. The number of carbonyl (C=O) groups is 6. The molecule has 0 saturated heterocycles. The lowest BCUT2D eigenvalue weighted by Gasteiger charge is -2.20. The number of nitrogens with zero attached hydrogens (tertiary/aromatic N) is 2. The lowest BCUT2D eigenvalue weighted by Crippen LogP contribution is -2.31. The first-order valence-electron chi connectivity index (χ1n) is 10.2. The molecule has 2 N–H and O–H groups in total. The van der Waals surface area contributed by atoms with Crippen molar-refractivity contribution in [2.24, 2.45) is 0 Å². The molecule has 2 aliphatic heterocycles. The van der Waals surface area contributed by atoms with Gasteiger partial charge >= 0.3 is 11.9 Å². The highest BCUT2D eigenvalue weighted by Gasteiger charge is 2.40. The minimum atomic E-state index is -1.23. The van der Waals surface area contributed by atoms with Crippen LogP contribution in [-0.2, 0) is 0 Å². The molecule has 5 rings (SSSR count). The van der Waals surface area contributed by atoms with Crippen molar-refractivity contribution in [1.29, 1.82) is 0 Å². The minimum Gasteiger partial charge on any atom is -0.478 e. The van der Waals surface area contributed by atoms with Gasteiger partial charge in [0.2, 0.25) is 0 Å². The van der Waals surface area contributed by atoms with Crippen molar-refractivity contribution in [2.75, 3.05) is 9.80 Å². The number of aromatic carboxylic acids is 2. The number of aryl methyl sites for hydroxylation is 1. The fourth-order valence-corrected chi connectivity index (χ4v) is 4.23. The molecule has 2 aliphatic rings. The highest BCUT2D eigenvalue weighted by molar-refractivity contribution is 6.36. The van der Waals surface area contributed by atoms with E-state index in [1.807, 2.05) is 0 Å². The summed E-state index contributed by atoms with van der Waals surface area (Å²) in [4.78, 5) is 76.0. The van der Waals surface area contributed by atoms with Crippen LogP contribution in [0.3, 0.4) is 0 Å². The van der Waals surface area contributed by atoms with E-state index >= 15 is 0 Å². The Balaban J connectivity index is 1.50. The van der Waals surface area contributed by atoms with Crippen LogP contribution in [0.5, 0.6) is 0 Å². The van der Waals surface area contributed by atoms with E-state index in [-0.39, 0.29) is 44.8 Å². The number of hydrogen-bond acceptors (Lipinski definition) is 6. The molecule has 172 valence electrons. The van der Waals surface area contributed by atoms with E-state index in [0.29, 0.717) is 5.56 Å². The van der Waals surface area contributed by atoms with Crippen LogP contribution in [0.25, 0.3) is 0 Å². The zero-order valence-electron chi connectivity index (χ0n) is 17.9. The fraction of sp³-hybridized carbons (Fsp3) is 0.0400. The SMILES string of the molecule is Cc1cc(N2C(=O)c3ccc(C(=O)O)cc3C2=O)ccc1N1C(=O)c2ccc(C(=O)O)cc2C1=O. The zero-order chi connectivity index (χ0) is 25.2. The van der Waals surface area contributed by atoms with Crippen LogP contribution in [0.2, 0.25) is 0 Å². The third-order valence-corrected chi connectivity index (χ3v) is 5.95. The molecule has 0 fully saturated rings. The summed E-state index contributed by atoms with van der Waals surface area (Å²) in [5.41, 5.74) is 0.595. The summed E-state index contributed by atoms with van der Waals surface area (Å²) in [5.74, 6) is -5.10. The Hall–Kier alpha value is -5.12. The van der Waals surface area contributed by atoms with E-state index in [1.54, 1.807) is 6.92 Å². The van der Waals surface area contributed by atoms with E-state index in [9.17, 15) is 39.0 Å². The highest BCUT2D eigenvalue weighted by atomic mass is 16.4. The summed E-state index contributed by atoms with van der Waals surface area (Å²) in [7, 11) is 0. The average Bonchev–Trinajstić information content (AvgIpc) is 3.22. The van der Waals surface area contributed by atoms with Crippen molar-refractivity contribution in [2.45, 2.75) is 6.92 Å². The largest absolute Gasteiger partial charge is 0.478 e. The minimum absolute atomic E-state index is 0.0343. The molecule has 0 aromatic heterocycles. The van der Waals surface area contributed by atoms with Gasteiger partial charge in [-0.2, -0.15) is 0 Å². The quantitative estimate of drug-likeness (QED) is 0.553. The van der Waals surface area contributed by atoms with Gasteiger partial charge in [0.25, 0.3) is 23.6 Å². The van der Waals surface area contributed by atoms with Gasteiger partial charge in [-0.05, 0) is 67.1 Å². The van der Waals surface area contributed by atoms with Crippen molar-refractivity contribution in [3.05, 3.63) is 93.5 Å². The maximum atomic E-state index is 13.0. The molecular formula is C25H14N2O8. The lowest BCUT2D eigenvalue weighted by molar-refractivity contribution is 0.0686. The van der Waals surface area contributed by atoms with Crippen LogP contribution in [0.1, 0.15) is 67.7 Å². The Bertz CT molecular complexity index is 1560. The van der Waals surface area contributed by atoms with Gasteiger partial charge in [-0.25, -0.2) is 19.4 Å². The Labute approximate surface area is 196 Å². The van der Waals surface area contributed by atoms with E-state index in [4.69, 9.17) is 0 Å². The van der Waals surface area contributed by atoms with Gasteiger partial charge in [-0.1, -0.05) is 0 Å². The van der Waals surface area contributed by atoms with E-state index < -0.39 is 35.6 Å². The lowest BCUT2D eigenvalue weighted by atomic mass is 10.1. The maximum absolute atomic E-state index is 13.0. The maximum Gasteiger partial charge on any atom is 0.335 e. The van der Waals surface area contributed by atoms with Gasteiger partial charge in [0.05, 0.1) is 44.8 Å².